The van der Waals surface area contributed by atoms with Crippen LogP contribution in [0.3, 0.4) is 0 Å². The molecule has 0 aromatic heterocycles. The molecule has 0 saturated carbocycles. The maximum absolute atomic E-state index is 11.8. The summed E-state index contributed by atoms with van der Waals surface area (Å²) in [6.45, 7) is 3.44. The molecule has 2 nitrogen and oxygen atoms in total. The fourth-order valence-corrected chi connectivity index (χ4v) is 3.79. The molecule has 1 heterocycles. The Bertz CT molecular complexity index is 541. The summed E-state index contributed by atoms with van der Waals surface area (Å²) in [4.78, 5) is 0.881. The highest BCUT2D eigenvalue weighted by Gasteiger charge is 2.28. The van der Waals surface area contributed by atoms with Gasteiger partial charge in [0.25, 0.3) is 0 Å². The Morgan fingerprint density at radius 1 is 1.21 bits per heavy atom. The molecular weight excluding hydrogens is 264 g/mol. The first-order chi connectivity index (χ1) is 6.43. The average Bonchev–Trinajstić information content (AvgIpc) is 2.21. The summed E-state index contributed by atoms with van der Waals surface area (Å²) in [6, 6.07) is 3.65. The van der Waals surface area contributed by atoms with Gasteiger partial charge in [0.05, 0.1) is 4.90 Å². The van der Waals surface area contributed by atoms with E-state index in [4.69, 9.17) is 0 Å². The Hall–Kier alpha value is -0.610. The molecule has 74 valence electrons. The molecule has 1 aliphatic rings. The van der Waals surface area contributed by atoms with Gasteiger partial charge >= 0.3 is 0 Å². The van der Waals surface area contributed by atoms with Crippen LogP contribution < -0.4 is 0 Å². The highest BCUT2D eigenvalue weighted by molar-refractivity contribution is 9.10. The van der Waals surface area contributed by atoms with Gasteiger partial charge in [-0.3, -0.25) is 0 Å². The minimum atomic E-state index is -3.19. The van der Waals surface area contributed by atoms with Gasteiger partial charge in [-0.15, -0.1) is 0 Å². The van der Waals surface area contributed by atoms with Crippen molar-refractivity contribution in [2.75, 3.05) is 0 Å². The molecule has 1 aromatic rings. The molecular formula is C10H9BrO2S. The van der Waals surface area contributed by atoms with E-state index >= 15 is 0 Å². The number of sulfone groups is 1. The highest BCUT2D eigenvalue weighted by Crippen LogP contribution is 2.36. The SMILES string of the molecule is CC1=Cc2cc(Br)cc(C)c2S1(=O)=O. The molecule has 0 atom stereocenters. The monoisotopic (exact) mass is 272 g/mol. The zero-order valence-electron chi connectivity index (χ0n) is 7.83. The number of fused-ring (bicyclic) bond motifs is 1. The molecule has 0 unspecified atom stereocenters. The molecule has 0 fully saturated rings. The zero-order valence-corrected chi connectivity index (χ0v) is 10.2. The summed E-state index contributed by atoms with van der Waals surface area (Å²) in [5.74, 6) is 0. The summed E-state index contributed by atoms with van der Waals surface area (Å²) >= 11 is 3.35. The molecule has 1 aliphatic heterocycles. The third-order valence-electron chi connectivity index (χ3n) is 2.32. The summed E-state index contributed by atoms with van der Waals surface area (Å²) in [6.07, 6.45) is 1.71. The molecule has 0 amide bonds. The minimum Gasteiger partial charge on any atom is -0.219 e. The van der Waals surface area contributed by atoms with Gasteiger partial charge in [-0.1, -0.05) is 15.9 Å². The topological polar surface area (TPSA) is 34.1 Å². The predicted molar refractivity (Wildman–Crippen MR) is 59.7 cm³/mol. The molecule has 0 radical (unpaired) electrons. The molecule has 0 bridgehead atoms. The largest absolute Gasteiger partial charge is 0.219 e. The lowest BCUT2D eigenvalue weighted by molar-refractivity contribution is 0.602. The second-order valence-electron chi connectivity index (χ2n) is 3.40. The van der Waals surface area contributed by atoms with Crippen molar-refractivity contribution in [2.24, 2.45) is 0 Å². The van der Waals surface area contributed by atoms with Gasteiger partial charge in [0.1, 0.15) is 0 Å². The first-order valence-electron chi connectivity index (χ1n) is 4.16. The summed E-state index contributed by atoms with van der Waals surface area (Å²) in [5, 5.41) is 0. The fourth-order valence-electron chi connectivity index (χ4n) is 1.69. The van der Waals surface area contributed by atoms with Gasteiger partial charge < -0.3 is 0 Å². The third kappa shape index (κ3) is 1.25. The first-order valence-corrected chi connectivity index (χ1v) is 6.44. The van der Waals surface area contributed by atoms with Crippen molar-refractivity contribution in [1.82, 2.24) is 0 Å². The molecule has 0 aliphatic carbocycles. The van der Waals surface area contributed by atoms with E-state index < -0.39 is 9.84 Å². The lowest BCUT2D eigenvalue weighted by atomic mass is 10.1. The van der Waals surface area contributed by atoms with Crippen LogP contribution in [0.2, 0.25) is 0 Å². The van der Waals surface area contributed by atoms with Gasteiger partial charge in [0, 0.05) is 9.38 Å². The molecule has 14 heavy (non-hydrogen) atoms. The van der Waals surface area contributed by atoms with Crippen molar-refractivity contribution in [3.05, 3.63) is 32.6 Å². The highest BCUT2D eigenvalue weighted by atomic mass is 79.9. The van der Waals surface area contributed by atoms with Crippen molar-refractivity contribution >= 4 is 31.8 Å². The van der Waals surface area contributed by atoms with Crippen LogP contribution in [0.4, 0.5) is 0 Å². The van der Waals surface area contributed by atoms with Crippen molar-refractivity contribution in [3.8, 4) is 0 Å². The van der Waals surface area contributed by atoms with Gasteiger partial charge in [0.2, 0.25) is 9.84 Å². The maximum Gasteiger partial charge on any atom is 0.203 e. The Balaban J connectivity index is 2.87. The third-order valence-corrected chi connectivity index (χ3v) is 4.84. The van der Waals surface area contributed by atoms with E-state index in [1.165, 1.54) is 0 Å². The maximum atomic E-state index is 11.8. The van der Waals surface area contributed by atoms with Crippen LogP contribution in [-0.4, -0.2) is 8.42 Å². The van der Waals surface area contributed by atoms with Gasteiger partial charge in [-0.25, -0.2) is 8.42 Å². The van der Waals surface area contributed by atoms with Crippen molar-refractivity contribution in [1.29, 1.82) is 0 Å². The van der Waals surface area contributed by atoms with Crippen molar-refractivity contribution < 1.29 is 8.42 Å². The molecule has 1 aromatic carbocycles. The summed E-state index contributed by atoms with van der Waals surface area (Å²) < 4.78 is 24.6. The van der Waals surface area contributed by atoms with E-state index in [0.717, 1.165) is 15.6 Å². The van der Waals surface area contributed by atoms with E-state index in [-0.39, 0.29) is 0 Å². The van der Waals surface area contributed by atoms with Crippen LogP contribution in [0, 0.1) is 6.92 Å². The van der Waals surface area contributed by atoms with Crippen LogP contribution in [0.1, 0.15) is 18.1 Å². The molecule has 4 heteroatoms. The Morgan fingerprint density at radius 2 is 1.86 bits per heavy atom. The standard InChI is InChI=1S/C10H9BrO2S/c1-6-3-9(11)5-8-4-7(2)14(12,13)10(6)8/h3-5H,1-2H3. The number of hydrogen-bond donors (Lipinski definition) is 0. The van der Waals surface area contributed by atoms with Gasteiger partial charge in [-0.05, 0) is 43.2 Å². The van der Waals surface area contributed by atoms with E-state index in [1.54, 1.807) is 13.0 Å². The van der Waals surface area contributed by atoms with Crippen LogP contribution in [-0.2, 0) is 9.84 Å². The van der Waals surface area contributed by atoms with E-state index in [0.29, 0.717) is 9.80 Å². The number of allylic oxidation sites excluding steroid dienone is 1. The van der Waals surface area contributed by atoms with E-state index in [2.05, 4.69) is 15.9 Å². The predicted octanol–water partition coefficient (Wildman–Crippen LogP) is 2.91. The Labute approximate surface area is 91.7 Å². The zero-order chi connectivity index (χ0) is 10.5. The summed E-state index contributed by atoms with van der Waals surface area (Å²) in [7, 11) is -3.19. The number of halogens is 1. The number of rotatable bonds is 0. The molecule has 2 rings (SSSR count). The number of hydrogen-bond acceptors (Lipinski definition) is 2. The van der Waals surface area contributed by atoms with E-state index in [1.807, 2.05) is 19.1 Å². The molecule has 0 N–H and O–H groups in total. The number of benzene rings is 1. The average molecular weight is 273 g/mol. The van der Waals surface area contributed by atoms with Crippen molar-refractivity contribution in [2.45, 2.75) is 18.7 Å². The fraction of sp³-hybridized carbons (Fsp3) is 0.200. The summed E-state index contributed by atoms with van der Waals surface area (Å²) in [5.41, 5.74) is 1.58. The van der Waals surface area contributed by atoms with Crippen LogP contribution in [0.25, 0.3) is 6.08 Å². The second-order valence-corrected chi connectivity index (χ2v) is 6.37. The lowest BCUT2D eigenvalue weighted by Crippen LogP contribution is -2.00. The van der Waals surface area contributed by atoms with Crippen molar-refractivity contribution in [3.63, 3.8) is 0 Å². The smallest absolute Gasteiger partial charge is 0.203 e. The van der Waals surface area contributed by atoms with Gasteiger partial charge in [0.15, 0.2) is 0 Å². The Morgan fingerprint density at radius 3 is 2.50 bits per heavy atom. The normalized spacial score (nSPS) is 17.8. The molecule has 0 saturated heterocycles. The van der Waals surface area contributed by atoms with E-state index in [9.17, 15) is 8.42 Å². The second kappa shape index (κ2) is 2.94. The first kappa shape index (κ1) is 9.93. The van der Waals surface area contributed by atoms with Crippen LogP contribution >= 0.6 is 15.9 Å². The molecule has 0 spiro atoms. The van der Waals surface area contributed by atoms with Crippen LogP contribution in [0.5, 0.6) is 0 Å². The Kier molecular flexibility index (Phi) is 2.08. The quantitative estimate of drug-likeness (QED) is 0.728. The number of aryl methyl sites for hydroxylation is 1. The van der Waals surface area contributed by atoms with Crippen LogP contribution in [0.15, 0.2) is 26.4 Å². The lowest BCUT2D eigenvalue weighted by Gasteiger charge is -2.04. The minimum absolute atomic E-state index is 0.425. The van der Waals surface area contributed by atoms with Gasteiger partial charge in [-0.2, -0.15) is 0 Å².